The van der Waals surface area contributed by atoms with Crippen LogP contribution in [0.2, 0.25) is 0 Å². The molecule has 0 bridgehead atoms. The number of anilines is 2. The SMILES string of the molecule is CC(=O)Nc1ccc(-c2csc3nc(NC(=O)C4CC(=O)N(Cc5ccccc5)C4)nn23)cc1. The summed E-state index contributed by atoms with van der Waals surface area (Å²) < 4.78 is 1.68. The second-order valence-corrected chi connectivity index (χ2v) is 9.00. The van der Waals surface area contributed by atoms with Gasteiger partial charge in [0.05, 0.1) is 11.6 Å². The van der Waals surface area contributed by atoms with Crippen LogP contribution in [0.25, 0.3) is 16.2 Å². The molecule has 1 fully saturated rings. The minimum atomic E-state index is -0.446. The number of nitrogens with zero attached hydrogens (tertiary/aromatic N) is 4. The van der Waals surface area contributed by atoms with Gasteiger partial charge in [-0.2, -0.15) is 4.98 Å². The van der Waals surface area contributed by atoms with Gasteiger partial charge in [-0.3, -0.25) is 19.7 Å². The first-order chi connectivity index (χ1) is 16.5. The monoisotopic (exact) mass is 474 g/mol. The van der Waals surface area contributed by atoms with E-state index in [-0.39, 0.29) is 30.1 Å². The van der Waals surface area contributed by atoms with Crippen molar-refractivity contribution in [3.05, 3.63) is 65.5 Å². The van der Waals surface area contributed by atoms with E-state index in [2.05, 4.69) is 20.7 Å². The van der Waals surface area contributed by atoms with Gasteiger partial charge in [0.25, 0.3) is 0 Å². The molecule has 1 saturated heterocycles. The first-order valence-corrected chi connectivity index (χ1v) is 11.7. The summed E-state index contributed by atoms with van der Waals surface area (Å²) in [6.45, 7) is 2.32. The van der Waals surface area contributed by atoms with Crippen LogP contribution in [0.1, 0.15) is 18.9 Å². The number of amides is 3. The van der Waals surface area contributed by atoms with Gasteiger partial charge in [-0.1, -0.05) is 42.5 Å². The molecule has 0 spiro atoms. The number of rotatable bonds is 6. The van der Waals surface area contributed by atoms with Crippen LogP contribution in [0.5, 0.6) is 0 Å². The summed E-state index contributed by atoms with van der Waals surface area (Å²) in [5.41, 5.74) is 3.47. The Morgan fingerprint density at radius 2 is 1.85 bits per heavy atom. The third-order valence-electron chi connectivity index (χ3n) is 5.62. The lowest BCUT2D eigenvalue weighted by Crippen LogP contribution is -2.28. The summed E-state index contributed by atoms with van der Waals surface area (Å²) in [7, 11) is 0. The first-order valence-electron chi connectivity index (χ1n) is 10.8. The molecular formula is C24H22N6O3S. The van der Waals surface area contributed by atoms with Gasteiger partial charge in [-0.05, 0) is 17.7 Å². The molecule has 2 aromatic carbocycles. The highest BCUT2D eigenvalue weighted by molar-refractivity contribution is 7.15. The zero-order valence-electron chi connectivity index (χ0n) is 18.4. The summed E-state index contributed by atoms with van der Waals surface area (Å²) in [6.07, 6.45) is 0.173. The Balaban J connectivity index is 1.26. The van der Waals surface area contributed by atoms with Crippen LogP contribution >= 0.6 is 11.3 Å². The Kier molecular flexibility index (Phi) is 5.81. The maximum atomic E-state index is 12.8. The zero-order chi connectivity index (χ0) is 23.7. The molecular weight excluding hydrogens is 452 g/mol. The number of hydrogen-bond donors (Lipinski definition) is 2. The molecule has 5 rings (SSSR count). The second kappa shape index (κ2) is 9.06. The number of benzene rings is 2. The smallest absolute Gasteiger partial charge is 0.250 e. The summed E-state index contributed by atoms with van der Waals surface area (Å²) in [5.74, 6) is -0.661. The van der Waals surface area contributed by atoms with Crippen molar-refractivity contribution in [2.24, 2.45) is 5.92 Å². The fraction of sp³-hybridized carbons (Fsp3) is 0.208. The normalized spacial score (nSPS) is 15.6. The molecule has 0 radical (unpaired) electrons. The van der Waals surface area contributed by atoms with E-state index < -0.39 is 5.92 Å². The standard InChI is InChI=1S/C24H22N6O3S/c1-15(31)25-19-9-7-17(8-10-19)20-14-34-24-27-23(28-30(20)24)26-22(33)18-11-21(32)29(13-18)12-16-5-3-2-4-6-16/h2-10,14,18H,11-13H2,1H3,(H,25,31)(H,26,28,33). The number of hydrogen-bond acceptors (Lipinski definition) is 6. The maximum Gasteiger partial charge on any atom is 0.250 e. The molecule has 1 aliphatic rings. The molecule has 34 heavy (non-hydrogen) atoms. The molecule has 1 aliphatic heterocycles. The van der Waals surface area contributed by atoms with Crippen LogP contribution < -0.4 is 10.6 Å². The van der Waals surface area contributed by atoms with Crippen molar-refractivity contribution in [3.63, 3.8) is 0 Å². The van der Waals surface area contributed by atoms with Gasteiger partial charge < -0.3 is 10.2 Å². The average Bonchev–Trinajstić information content (AvgIpc) is 3.49. The predicted octanol–water partition coefficient (Wildman–Crippen LogP) is 3.40. The maximum absolute atomic E-state index is 12.8. The van der Waals surface area contributed by atoms with E-state index in [1.54, 1.807) is 9.42 Å². The Hall–Kier alpha value is -4.05. The van der Waals surface area contributed by atoms with E-state index in [1.807, 2.05) is 60.0 Å². The molecule has 2 aromatic heterocycles. The molecule has 0 saturated carbocycles. The highest BCUT2D eigenvalue weighted by Gasteiger charge is 2.34. The van der Waals surface area contributed by atoms with E-state index >= 15 is 0 Å². The van der Waals surface area contributed by atoms with Crippen molar-refractivity contribution >= 4 is 45.7 Å². The average molecular weight is 475 g/mol. The van der Waals surface area contributed by atoms with Crippen molar-refractivity contribution < 1.29 is 14.4 Å². The Morgan fingerprint density at radius 3 is 2.59 bits per heavy atom. The van der Waals surface area contributed by atoms with E-state index in [0.29, 0.717) is 23.7 Å². The molecule has 172 valence electrons. The lowest BCUT2D eigenvalue weighted by atomic mass is 10.1. The number of nitrogens with one attached hydrogen (secondary N) is 2. The van der Waals surface area contributed by atoms with Gasteiger partial charge in [0.2, 0.25) is 28.6 Å². The summed E-state index contributed by atoms with van der Waals surface area (Å²) in [5, 5.41) is 11.9. The van der Waals surface area contributed by atoms with Crippen molar-refractivity contribution in [1.29, 1.82) is 0 Å². The quantitative estimate of drug-likeness (QED) is 0.445. The summed E-state index contributed by atoms with van der Waals surface area (Å²) >= 11 is 1.41. The minimum absolute atomic E-state index is 0.0345. The Bertz CT molecular complexity index is 1360. The van der Waals surface area contributed by atoms with Crippen LogP contribution in [0, 0.1) is 5.92 Å². The van der Waals surface area contributed by atoms with Gasteiger partial charge in [0, 0.05) is 43.1 Å². The molecule has 10 heteroatoms. The van der Waals surface area contributed by atoms with E-state index in [1.165, 1.54) is 18.3 Å². The van der Waals surface area contributed by atoms with Gasteiger partial charge in [-0.15, -0.1) is 16.4 Å². The highest BCUT2D eigenvalue weighted by Crippen LogP contribution is 2.27. The number of aromatic nitrogens is 3. The zero-order valence-corrected chi connectivity index (χ0v) is 19.2. The van der Waals surface area contributed by atoms with Crippen LogP contribution in [-0.4, -0.2) is 43.8 Å². The summed E-state index contributed by atoms with van der Waals surface area (Å²) in [4.78, 5) is 43.2. The van der Waals surface area contributed by atoms with E-state index in [0.717, 1.165) is 16.8 Å². The first kappa shape index (κ1) is 21.8. The number of thiazole rings is 1. The number of carbonyl (C=O) groups is 3. The topological polar surface area (TPSA) is 109 Å². The molecule has 3 amide bonds. The molecule has 1 unspecified atom stereocenters. The van der Waals surface area contributed by atoms with Crippen LogP contribution in [0.3, 0.4) is 0 Å². The predicted molar refractivity (Wildman–Crippen MR) is 129 cm³/mol. The van der Waals surface area contributed by atoms with Gasteiger partial charge in [0.15, 0.2) is 0 Å². The van der Waals surface area contributed by atoms with Crippen LogP contribution in [0.4, 0.5) is 11.6 Å². The Morgan fingerprint density at radius 1 is 1.09 bits per heavy atom. The van der Waals surface area contributed by atoms with Gasteiger partial charge >= 0.3 is 0 Å². The third kappa shape index (κ3) is 4.53. The third-order valence-corrected chi connectivity index (χ3v) is 6.44. The molecule has 0 aliphatic carbocycles. The lowest BCUT2D eigenvalue weighted by molar-refractivity contribution is -0.128. The lowest BCUT2D eigenvalue weighted by Gasteiger charge is -2.16. The second-order valence-electron chi connectivity index (χ2n) is 8.16. The molecule has 4 aromatic rings. The molecule has 2 N–H and O–H groups in total. The summed E-state index contributed by atoms with van der Waals surface area (Å²) in [6, 6.07) is 17.1. The molecule has 3 heterocycles. The van der Waals surface area contributed by atoms with E-state index in [4.69, 9.17) is 0 Å². The van der Waals surface area contributed by atoms with Crippen molar-refractivity contribution in [1.82, 2.24) is 19.5 Å². The number of carbonyl (C=O) groups excluding carboxylic acids is 3. The Labute approximate surface area is 199 Å². The van der Waals surface area contributed by atoms with Gasteiger partial charge in [-0.25, -0.2) is 4.52 Å². The van der Waals surface area contributed by atoms with Crippen LogP contribution in [0.15, 0.2) is 60.0 Å². The fourth-order valence-corrected chi connectivity index (χ4v) is 4.81. The van der Waals surface area contributed by atoms with Crippen molar-refractivity contribution in [2.45, 2.75) is 19.9 Å². The van der Waals surface area contributed by atoms with Crippen molar-refractivity contribution in [2.75, 3.05) is 17.2 Å². The minimum Gasteiger partial charge on any atom is -0.338 e. The largest absolute Gasteiger partial charge is 0.338 e. The van der Waals surface area contributed by atoms with Crippen molar-refractivity contribution in [3.8, 4) is 11.3 Å². The highest BCUT2D eigenvalue weighted by atomic mass is 32.1. The fourth-order valence-electron chi connectivity index (χ4n) is 3.98. The van der Waals surface area contributed by atoms with Gasteiger partial charge in [0.1, 0.15) is 0 Å². The molecule has 9 nitrogen and oxygen atoms in total. The number of likely N-dealkylation sites (tertiary alicyclic amines) is 1. The van der Waals surface area contributed by atoms with Crippen LogP contribution in [-0.2, 0) is 20.9 Å². The number of fused-ring (bicyclic) bond motifs is 1. The molecule has 1 atom stereocenters. The van der Waals surface area contributed by atoms with E-state index in [9.17, 15) is 14.4 Å².